The minimum absolute atomic E-state index is 0.589. The first-order valence-electron chi connectivity index (χ1n) is 5.34. The zero-order chi connectivity index (χ0) is 11.3. The largest absolute Gasteiger partial charge is 0.295 e. The minimum atomic E-state index is 0.589. The highest BCUT2D eigenvalue weighted by molar-refractivity contribution is 9.09. The predicted molar refractivity (Wildman–Crippen MR) is 70.8 cm³/mol. The molecule has 0 aliphatic rings. The van der Waals surface area contributed by atoms with Gasteiger partial charge in [-0.05, 0) is 33.7 Å². The number of hydrogen-bond acceptors (Lipinski definition) is 3. The minimum Gasteiger partial charge on any atom is -0.295 e. The summed E-state index contributed by atoms with van der Waals surface area (Å²) in [5.41, 5.74) is 1.21. The molecule has 0 aromatic carbocycles. The summed E-state index contributed by atoms with van der Waals surface area (Å²) in [6.07, 6.45) is 1.20. The van der Waals surface area contributed by atoms with Gasteiger partial charge in [-0.3, -0.25) is 4.90 Å². The lowest BCUT2D eigenvalue weighted by Crippen LogP contribution is -2.31. The molecule has 0 fully saturated rings. The van der Waals surface area contributed by atoms with Crippen molar-refractivity contribution < 1.29 is 0 Å². The SMILES string of the molecule is Cc1nc(CN(CCCBr)C(C)C)cs1. The summed E-state index contributed by atoms with van der Waals surface area (Å²) in [4.78, 5) is 6.97. The van der Waals surface area contributed by atoms with E-state index in [-0.39, 0.29) is 0 Å². The maximum atomic E-state index is 4.51. The van der Waals surface area contributed by atoms with Crippen LogP contribution in [0.15, 0.2) is 5.38 Å². The third kappa shape index (κ3) is 4.62. The normalized spacial score (nSPS) is 11.6. The molecule has 0 radical (unpaired) electrons. The van der Waals surface area contributed by atoms with Crippen LogP contribution in [0.5, 0.6) is 0 Å². The van der Waals surface area contributed by atoms with Crippen LogP contribution in [-0.4, -0.2) is 27.8 Å². The lowest BCUT2D eigenvalue weighted by Gasteiger charge is -2.25. The maximum Gasteiger partial charge on any atom is 0.0897 e. The highest BCUT2D eigenvalue weighted by Gasteiger charge is 2.10. The first-order valence-corrected chi connectivity index (χ1v) is 7.34. The topological polar surface area (TPSA) is 16.1 Å². The van der Waals surface area contributed by atoms with Gasteiger partial charge in [-0.2, -0.15) is 0 Å². The van der Waals surface area contributed by atoms with Crippen molar-refractivity contribution in [2.24, 2.45) is 0 Å². The van der Waals surface area contributed by atoms with Crippen LogP contribution in [0, 0.1) is 6.92 Å². The molecule has 1 heterocycles. The third-order valence-corrected chi connectivity index (χ3v) is 3.72. The van der Waals surface area contributed by atoms with Crippen molar-refractivity contribution >= 4 is 27.3 Å². The fourth-order valence-electron chi connectivity index (χ4n) is 1.47. The molecule has 2 nitrogen and oxygen atoms in total. The Kier molecular flexibility index (Phi) is 5.79. The van der Waals surface area contributed by atoms with E-state index in [1.165, 1.54) is 12.1 Å². The maximum absolute atomic E-state index is 4.51. The molecule has 1 aromatic rings. The molecule has 86 valence electrons. The Morgan fingerprint density at radius 3 is 2.73 bits per heavy atom. The van der Waals surface area contributed by atoms with Crippen LogP contribution in [0.3, 0.4) is 0 Å². The molecule has 0 saturated heterocycles. The van der Waals surface area contributed by atoms with Crippen molar-refractivity contribution in [1.29, 1.82) is 0 Å². The molecule has 0 atom stereocenters. The summed E-state index contributed by atoms with van der Waals surface area (Å²) >= 11 is 5.21. The average Bonchev–Trinajstić information content (AvgIpc) is 2.58. The molecule has 15 heavy (non-hydrogen) atoms. The van der Waals surface area contributed by atoms with E-state index in [1.807, 2.05) is 0 Å². The quantitative estimate of drug-likeness (QED) is 0.746. The van der Waals surface area contributed by atoms with Gasteiger partial charge in [0, 0.05) is 23.3 Å². The molecular weight excluding hydrogens is 272 g/mol. The first kappa shape index (κ1) is 13.1. The molecule has 4 heteroatoms. The predicted octanol–water partition coefficient (Wildman–Crippen LogP) is 3.45. The highest BCUT2D eigenvalue weighted by atomic mass is 79.9. The summed E-state index contributed by atoms with van der Waals surface area (Å²) < 4.78 is 0. The van der Waals surface area contributed by atoms with Crippen molar-refractivity contribution in [3.63, 3.8) is 0 Å². The van der Waals surface area contributed by atoms with E-state index in [9.17, 15) is 0 Å². The molecule has 0 spiro atoms. The second-order valence-electron chi connectivity index (χ2n) is 3.96. The van der Waals surface area contributed by atoms with Gasteiger partial charge in [0.25, 0.3) is 0 Å². The number of aryl methyl sites for hydroxylation is 1. The molecule has 0 bridgehead atoms. The molecule has 0 amide bonds. The van der Waals surface area contributed by atoms with E-state index in [4.69, 9.17) is 0 Å². The van der Waals surface area contributed by atoms with Gasteiger partial charge in [0.1, 0.15) is 0 Å². The molecule has 0 aliphatic carbocycles. The van der Waals surface area contributed by atoms with Crippen LogP contribution in [0.25, 0.3) is 0 Å². The molecule has 0 aliphatic heterocycles. The highest BCUT2D eigenvalue weighted by Crippen LogP contribution is 2.12. The van der Waals surface area contributed by atoms with Crippen LogP contribution in [0.1, 0.15) is 31.0 Å². The van der Waals surface area contributed by atoms with E-state index in [0.717, 1.165) is 23.4 Å². The van der Waals surface area contributed by atoms with Crippen LogP contribution < -0.4 is 0 Å². The fraction of sp³-hybridized carbons (Fsp3) is 0.727. The van der Waals surface area contributed by atoms with Crippen LogP contribution in [0.2, 0.25) is 0 Å². The summed E-state index contributed by atoms with van der Waals surface area (Å²) in [6, 6.07) is 0.589. The van der Waals surface area contributed by atoms with Crippen molar-refractivity contribution in [2.45, 2.75) is 39.8 Å². The molecule has 1 rings (SSSR count). The number of nitrogens with zero attached hydrogens (tertiary/aromatic N) is 2. The Labute approximate surface area is 105 Å². The van der Waals surface area contributed by atoms with Gasteiger partial charge in [-0.25, -0.2) is 4.98 Å². The Balaban J connectivity index is 2.50. The molecule has 0 N–H and O–H groups in total. The van der Waals surface area contributed by atoms with Gasteiger partial charge < -0.3 is 0 Å². The summed E-state index contributed by atoms with van der Waals surface area (Å²) in [5, 5.41) is 4.40. The molecular formula is C11H19BrN2S. The number of thiazole rings is 1. The van der Waals surface area contributed by atoms with Gasteiger partial charge in [0.05, 0.1) is 10.7 Å². The number of hydrogen-bond donors (Lipinski definition) is 0. The van der Waals surface area contributed by atoms with Gasteiger partial charge >= 0.3 is 0 Å². The number of halogens is 1. The standard InChI is InChI=1S/C11H19BrN2S/c1-9(2)14(6-4-5-12)7-11-8-15-10(3)13-11/h8-9H,4-7H2,1-3H3. The Morgan fingerprint density at radius 1 is 1.53 bits per heavy atom. The molecule has 0 unspecified atom stereocenters. The average molecular weight is 291 g/mol. The van der Waals surface area contributed by atoms with Gasteiger partial charge in [-0.15, -0.1) is 11.3 Å². The third-order valence-electron chi connectivity index (χ3n) is 2.34. The number of rotatable bonds is 6. The Bertz CT molecular complexity index is 286. The van der Waals surface area contributed by atoms with Crippen LogP contribution in [-0.2, 0) is 6.54 Å². The second-order valence-corrected chi connectivity index (χ2v) is 5.82. The smallest absolute Gasteiger partial charge is 0.0897 e. The van der Waals surface area contributed by atoms with Gasteiger partial charge in [0.2, 0.25) is 0 Å². The lowest BCUT2D eigenvalue weighted by atomic mass is 10.2. The number of alkyl halides is 1. The van der Waals surface area contributed by atoms with Crippen molar-refractivity contribution in [2.75, 3.05) is 11.9 Å². The Hall–Kier alpha value is 0.0700. The zero-order valence-electron chi connectivity index (χ0n) is 9.66. The van der Waals surface area contributed by atoms with Gasteiger partial charge in [0.15, 0.2) is 0 Å². The lowest BCUT2D eigenvalue weighted by molar-refractivity contribution is 0.212. The Morgan fingerprint density at radius 2 is 2.27 bits per heavy atom. The summed E-state index contributed by atoms with van der Waals surface area (Å²) in [5.74, 6) is 0. The first-order chi connectivity index (χ1) is 7.13. The van der Waals surface area contributed by atoms with E-state index in [0.29, 0.717) is 6.04 Å². The van der Waals surface area contributed by atoms with E-state index in [1.54, 1.807) is 11.3 Å². The van der Waals surface area contributed by atoms with Crippen molar-refractivity contribution in [3.05, 3.63) is 16.1 Å². The molecule has 1 aromatic heterocycles. The summed E-state index contributed by atoms with van der Waals surface area (Å²) in [6.45, 7) is 8.67. The molecule has 0 saturated carbocycles. The summed E-state index contributed by atoms with van der Waals surface area (Å²) in [7, 11) is 0. The number of aromatic nitrogens is 1. The fourth-order valence-corrected chi connectivity index (χ4v) is 2.33. The van der Waals surface area contributed by atoms with Crippen molar-refractivity contribution in [3.8, 4) is 0 Å². The van der Waals surface area contributed by atoms with E-state index >= 15 is 0 Å². The zero-order valence-corrected chi connectivity index (χ0v) is 12.1. The van der Waals surface area contributed by atoms with E-state index in [2.05, 4.69) is 52.0 Å². The van der Waals surface area contributed by atoms with Crippen molar-refractivity contribution in [1.82, 2.24) is 9.88 Å². The van der Waals surface area contributed by atoms with E-state index < -0.39 is 0 Å². The van der Waals surface area contributed by atoms with Crippen LogP contribution in [0.4, 0.5) is 0 Å². The van der Waals surface area contributed by atoms with Gasteiger partial charge in [-0.1, -0.05) is 15.9 Å². The van der Waals surface area contributed by atoms with Crippen LogP contribution >= 0.6 is 27.3 Å². The second kappa shape index (κ2) is 6.61. The monoisotopic (exact) mass is 290 g/mol.